The van der Waals surface area contributed by atoms with Crippen LogP contribution < -0.4 is 9.80 Å². The number of nitrogens with zero attached hydrogens (tertiary/aromatic N) is 3. The zero-order valence-electron chi connectivity index (χ0n) is 20.8. The molecular formula is C30H24F3N3O3. The van der Waals surface area contributed by atoms with Crippen LogP contribution >= 0.6 is 0 Å². The number of alkyl halides is 3. The Hall–Kier alpha value is -3.98. The average Bonchev–Trinajstić information content (AvgIpc) is 3.63. The van der Waals surface area contributed by atoms with Gasteiger partial charge >= 0.3 is 6.18 Å². The first-order chi connectivity index (χ1) is 18.7. The maximum atomic E-state index is 14.6. The van der Waals surface area contributed by atoms with Gasteiger partial charge in [-0.2, -0.15) is 13.2 Å². The van der Waals surface area contributed by atoms with Crippen LogP contribution in [0, 0.1) is 11.8 Å². The molecule has 0 N–H and O–H groups in total. The molecule has 4 heterocycles. The molecule has 9 heteroatoms. The van der Waals surface area contributed by atoms with Gasteiger partial charge in [-0.15, -0.1) is 0 Å². The fraction of sp³-hybridized carbons (Fsp3) is 0.300. The largest absolute Gasteiger partial charge is 0.416 e. The van der Waals surface area contributed by atoms with E-state index in [4.69, 9.17) is 0 Å². The van der Waals surface area contributed by atoms with Crippen LogP contribution in [0.5, 0.6) is 0 Å². The molecule has 0 aliphatic carbocycles. The molecule has 6 nitrogen and oxygen atoms in total. The molecule has 7 rings (SSSR count). The number of anilines is 2. The molecule has 1 spiro atoms. The molecule has 4 atom stereocenters. The topological polar surface area (TPSA) is 60.9 Å². The summed E-state index contributed by atoms with van der Waals surface area (Å²) in [6.45, 7) is 0.856. The Labute approximate surface area is 222 Å². The number of halogens is 3. The van der Waals surface area contributed by atoms with E-state index in [1.807, 2.05) is 59.5 Å². The number of carbonyl (C=O) groups is 3. The fourth-order valence-electron chi connectivity index (χ4n) is 7.34. The molecule has 4 aliphatic heterocycles. The third kappa shape index (κ3) is 3.16. The van der Waals surface area contributed by atoms with E-state index in [0.29, 0.717) is 30.8 Å². The van der Waals surface area contributed by atoms with E-state index in [2.05, 4.69) is 0 Å². The van der Waals surface area contributed by atoms with Gasteiger partial charge in [0, 0.05) is 17.3 Å². The normalized spacial score (nSPS) is 28.0. The third-order valence-corrected chi connectivity index (χ3v) is 8.76. The first kappa shape index (κ1) is 24.1. The number of rotatable bonds is 3. The molecule has 0 radical (unpaired) electrons. The number of carbonyl (C=O) groups excluding carboxylic acids is 3. The number of imide groups is 1. The van der Waals surface area contributed by atoms with Crippen molar-refractivity contribution in [2.24, 2.45) is 11.8 Å². The van der Waals surface area contributed by atoms with Gasteiger partial charge in [0.05, 0.1) is 29.6 Å². The number of hydrogen-bond donors (Lipinski definition) is 0. The Bertz CT molecular complexity index is 1520. The molecular weight excluding hydrogens is 507 g/mol. The summed E-state index contributed by atoms with van der Waals surface area (Å²) in [7, 11) is 0. The van der Waals surface area contributed by atoms with Crippen LogP contribution in [0.1, 0.15) is 29.5 Å². The van der Waals surface area contributed by atoms with Crippen molar-refractivity contribution in [1.29, 1.82) is 0 Å². The maximum absolute atomic E-state index is 14.6. The highest BCUT2D eigenvalue weighted by molar-refractivity contribution is 6.26. The van der Waals surface area contributed by atoms with Crippen LogP contribution in [0.3, 0.4) is 0 Å². The summed E-state index contributed by atoms with van der Waals surface area (Å²) < 4.78 is 40.5. The Balaban J connectivity index is 1.37. The molecule has 0 bridgehead atoms. The Kier molecular flexibility index (Phi) is 5.10. The Morgan fingerprint density at radius 2 is 1.62 bits per heavy atom. The zero-order valence-corrected chi connectivity index (χ0v) is 20.8. The molecule has 4 aliphatic rings. The summed E-state index contributed by atoms with van der Waals surface area (Å²) in [5.74, 6) is -3.27. The van der Waals surface area contributed by atoms with Crippen molar-refractivity contribution in [3.63, 3.8) is 0 Å². The van der Waals surface area contributed by atoms with Gasteiger partial charge in [0.15, 0.2) is 0 Å². The molecule has 3 amide bonds. The van der Waals surface area contributed by atoms with E-state index < -0.39 is 40.9 Å². The minimum atomic E-state index is -4.63. The van der Waals surface area contributed by atoms with Gasteiger partial charge in [0.25, 0.3) is 5.91 Å². The van der Waals surface area contributed by atoms with Crippen LogP contribution in [0.2, 0.25) is 0 Å². The van der Waals surface area contributed by atoms with Crippen LogP contribution in [0.15, 0.2) is 78.9 Å². The van der Waals surface area contributed by atoms with Gasteiger partial charge in [-0.05, 0) is 49.2 Å². The lowest BCUT2D eigenvalue weighted by molar-refractivity contribution is -0.138. The van der Waals surface area contributed by atoms with Crippen molar-refractivity contribution >= 4 is 29.1 Å². The second-order valence-electron chi connectivity index (χ2n) is 10.6. The fourth-order valence-corrected chi connectivity index (χ4v) is 7.34. The molecule has 3 aromatic carbocycles. The first-order valence-electron chi connectivity index (χ1n) is 13.0. The minimum absolute atomic E-state index is 0.117. The SMILES string of the molecule is O=C1[C@@H]2[C@H]3CCCN3[C@@]3(C(=O)N(Cc4ccccc4)c4ccccc43)[C@H]2C(=O)N1c1cccc(C(F)(F)F)c1. The van der Waals surface area contributed by atoms with Gasteiger partial charge in [-0.1, -0.05) is 54.6 Å². The number of hydrogen-bond acceptors (Lipinski definition) is 4. The number of para-hydroxylation sites is 1. The number of fused-ring (bicyclic) bond motifs is 7. The van der Waals surface area contributed by atoms with Crippen LogP contribution in [-0.4, -0.2) is 35.2 Å². The van der Waals surface area contributed by atoms with Crippen molar-refractivity contribution in [2.45, 2.75) is 37.1 Å². The second kappa shape index (κ2) is 8.26. The van der Waals surface area contributed by atoms with Gasteiger partial charge in [0.2, 0.25) is 11.8 Å². The van der Waals surface area contributed by atoms with Crippen molar-refractivity contribution in [1.82, 2.24) is 4.90 Å². The summed E-state index contributed by atoms with van der Waals surface area (Å²) in [6, 6.07) is 20.8. The highest BCUT2D eigenvalue weighted by atomic mass is 19.4. The van der Waals surface area contributed by atoms with E-state index in [1.54, 1.807) is 4.90 Å². The zero-order chi connectivity index (χ0) is 27.1. The van der Waals surface area contributed by atoms with Crippen LogP contribution in [0.25, 0.3) is 0 Å². The standard InChI is InChI=1S/C30H24F3N3O3/c31-30(32,33)19-10-6-11-20(16-19)36-26(37)24-23-14-7-15-35(23)29(25(24)27(36)38)21-12-4-5-13-22(21)34(28(29)39)17-18-8-2-1-3-9-18/h1-6,8-13,16,23-25H,7,14-15,17H2/t23-,24-,25-,29-/m1/s1. The summed E-state index contributed by atoms with van der Waals surface area (Å²) in [4.78, 5) is 47.3. The summed E-state index contributed by atoms with van der Waals surface area (Å²) in [6.07, 6.45) is -3.24. The molecule has 0 unspecified atom stereocenters. The lowest BCUT2D eigenvalue weighted by Gasteiger charge is -2.37. The van der Waals surface area contributed by atoms with Gasteiger partial charge in [-0.3, -0.25) is 19.3 Å². The van der Waals surface area contributed by atoms with Gasteiger partial charge < -0.3 is 4.90 Å². The maximum Gasteiger partial charge on any atom is 0.416 e. The smallest absolute Gasteiger partial charge is 0.306 e. The van der Waals surface area contributed by atoms with Crippen molar-refractivity contribution < 1.29 is 27.6 Å². The predicted molar refractivity (Wildman–Crippen MR) is 136 cm³/mol. The van der Waals surface area contributed by atoms with Gasteiger partial charge in [0.1, 0.15) is 5.54 Å². The van der Waals surface area contributed by atoms with E-state index in [9.17, 15) is 27.6 Å². The second-order valence-corrected chi connectivity index (χ2v) is 10.6. The number of benzene rings is 3. The summed E-state index contributed by atoms with van der Waals surface area (Å²) in [5.41, 5.74) is -0.155. The molecule has 0 saturated carbocycles. The lowest BCUT2D eigenvalue weighted by atomic mass is 9.75. The van der Waals surface area contributed by atoms with E-state index in [0.717, 1.165) is 29.0 Å². The van der Waals surface area contributed by atoms with Crippen molar-refractivity contribution in [3.8, 4) is 0 Å². The minimum Gasteiger partial charge on any atom is -0.306 e. The summed E-state index contributed by atoms with van der Waals surface area (Å²) >= 11 is 0. The molecule has 3 saturated heterocycles. The van der Waals surface area contributed by atoms with Crippen molar-refractivity contribution in [3.05, 3.63) is 95.6 Å². The third-order valence-electron chi connectivity index (χ3n) is 8.76. The summed E-state index contributed by atoms with van der Waals surface area (Å²) in [5, 5.41) is 0. The average molecular weight is 532 g/mol. The highest BCUT2D eigenvalue weighted by Gasteiger charge is 2.75. The van der Waals surface area contributed by atoms with Crippen LogP contribution in [0.4, 0.5) is 24.5 Å². The monoisotopic (exact) mass is 531 g/mol. The first-order valence-corrected chi connectivity index (χ1v) is 13.0. The van der Waals surface area contributed by atoms with Gasteiger partial charge in [-0.25, -0.2) is 4.90 Å². The predicted octanol–water partition coefficient (Wildman–Crippen LogP) is 4.73. The van der Waals surface area contributed by atoms with Crippen molar-refractivity contribution in [2.75, 3.05) is 16.3 Å². The van der Waals surface area contributed by atoms with E-state index in [-0.39, 0.29) is 17.6 Å². The lowest BCUT2D eigenvalue weighted by Crippen LogP contribution is -2.55. The molecule has 3 fully saturated rings. The van der Waals surface area contributed by atoms with Crippen LogP contribution in [-0.2, 0) is 32.6 Å². The Morgan fingerprint density at radius 1 is 0.872 bits per heavy atom. The molecule has 0 aromatic heterocycles. The molecule has 3 aromatic rings. The van der Waals surface area contributed by atoms with E-state index in [1.165, 1.54) is 12.1 Å². The Morgan fingerprint density at radius 3 is 2.38 bits per heavy atom. The number of amides is 3. The molecule has 39 heavy (non-hydrogen) atoms. The highest BCUT2D eigenvalue weighted by Crippen LogP contribution is 2.62. The van der Waals surface area contributed by atoms with E-state index >= 15 is 0 Å². The quantitative estimate of drug-likeness (QED) is 0.459. The molecule has 198 valence electrons.